The van der Waals surface area contributed by atoms with Gasteiger partial charge in [-0.2, -0.15) is 0 Å². The Bertz CT molecular complexity index is 1180. The highest BCUT2D eigenvalue weighted by Crippen LogP contribution is 2.24. The number of likely N-dealkylation sites (N-methyl/N-ethyl adjacent to an activating group) is 2. The molecule has 0 aliphatic heterocycles. The molecule has 0 fully saturated rings. The molecule has 1 aromatic heterocycles. The van der Waals surface area contributed by atoms with E-state index in [-0.39, 0.29) is 23.4 Å². The van der Waals surface area contributed by atoms with Crippen LogP contribution in [0.2, 0.25) is 0 Å². The van der Waals surface area contributed by atoms with Crippen molar-refractivity contribution in [1.82, 2.24) is 30.4 Å². The van der Waals surface area contributed by atoms with Gasteiger partial charge in [0.05, 0.1) is 5.69 Å². The number of rotatable bonds is 13. The number of nitrogens with one attached hydrogen (secondary N) is 3. The largest absolute Gasteiger partial charge is 0.361 e. The maximum atomic E-state index is 12.6. The molecule has 0 saturated carbocycles. The normalized spacial score (nSPS) is 11.8. The monoisotopic (exact) mass is 538 g/mol. The van der Waals surface area contributed by atoms with E-state index in [0.29, 0.717) is 37.6 Å². The molecule has 11 nitrogen and oxygen atoms in total. The third-order valence-electron chi connectivity index (χ3n) is 6.09. The Kier molecular flexibility index (Phi) is 11.9. The van der Waals surface area contributed by atoms with Gasteiger partial charge in [-0.25, -0.2) is 9.97 Å². The molecule has 0 aliphatic carbocycles. The lowest BCUT2D eigenvalue weighted by molar-refractivity contribution is -0.135. The molecule has 1 atom stereocenters. The predicted molar refractivity (Wildman–Crippen MR) is 155 cm³/mol. The van der Waals surface area contributed by atoms with Crippen LogP contribution in [0.4, 0.5) is 17.3 Å². The predicted octanol–water partition coefficient (Wildman–Crippen LogP) is 1.83. The number of benzene rings is 1. The van der Waals surface area contributed by atoms with Crippen LogP contribution in [0, 0.1) is 0 Å². The molecule has 2 aromatic rings. The SMILES string of the molecule is CCc1nc(C(=O)NC)c(Nc2cccc(CCNC(=O)[C@H](C)N(C)C(=O)/C=C/CN(C)C)c2)nc1N(C)C. The molecular formula is C28H42N8O3. The van der Waals surface area contributed by atoms with Crippen LogP contribution in [0.5, 0.6) is 0 Å². The van der Waals surface area contributed by atoms with E-state index in [1.807, 2.05) is 69.2 Å². The Balaban J connectivity index is 2.07. The van der Waals surface area contributed by atoms with Crippen molar-refractivity contribution in [2.75, 3.05) is 65.6 Å². The number of nitrogens with zero attached hydrogens (tertiary/aromatic N) is 5. The summed E-state index contributed by atoms with van der Waals surface area (Å²) in [5.74, 6) is 0.287. The fourth-order valence-electron chi connectivity index (χ4n) is 3.69. The molecule has 0 aliphatic rings. The van der Waals surface area contributed by atoms with Crippen LogP contribution in [0.15, 0.2) is 36.4 Å². The second kappa shape index (κ2) is 14.8. The van der Waals surface area contributed by atoms with Crippen LogP contribution in [0.25, 0.3) is 0 Å². The number of hydrogen-bond donors (Lipinski definition) is 3. The Labute approximate surface area is 231 Å². The molecule has 0 bridgehead atoms. The van der Waals surface area contributed by atoms with Crippen molar-refractivity contribution in [2.45, 2.75) is 32.7 Å². The van der Waals surface area contributed by atoms with Crippen molar-refractivity contribution >= 4 is 35.0 Å². The molecule has 39 heavy (non-hydrogen) atoms. The van der Waals surface area contributed by atoms with Gasteiger partial charge in [0.1, 0.15) is 6.04 Å². The summed E-state index contributed by atoms with van der Waals surface area (Å²) in [5.41, 5.74) is 2.69. The number of anilines is 3. The minimum atomic E-state index is -0.604. The number of hydrogen-bond acceptors (Lipinski definition) is 8. The van der Waals surface area contributed by atoms with Crippen molar-refractivity contribution in [2.24, 2.45) is 0 Å². The Morgan fingerprint density at radius 3 is 2.41 bits per heavy atom. The highest BCUT2D eigenvalue weighted by molar-refractivity contribution is 5.97. The first kappa shape index (κ1) is 31.2. The maximum absolute atomic E-state index is 12.6. The van der Waals surface area contributed by atoms with Gasteiger partial charge >= 0.3 is 0 Å². The number of carbonyl (C=O) groups excluding carboxylic acids is 3. The summed E-state index contributed by atoms with van der Waals surface area (Å²) in [4.78, 5) is 52.0. The van der Waals surface area contributed by atoms with Crippen LogP contribution in [0.1, 0.15) is 35.6 Å². The molecule has 0 unspecified atom stereocenters. The first-order valence-corrected chi connectivity index (χ1v) is 13.0. The van der Waals surface area contributed by atoms with E-state index < -0.39 is 6.04 Å². The smallest absolute Gasteiger partial charge is 0.273 e. The number of amides is 3. The minimum absolute atomic E-state index is 0.220. The first-order chi connectivity index (χ1) is 18.5. The lowest BCUT2D eigenvalue weighted by atomic mass is 10.1. The molecule has 1 aromatic carbocycles. The molecule has 3 N–H and O–H groups in total. The highest BCUT2D eigenvalue weighted by Gasteiger charge is 2.21. The summed E-state index contributed by atoms with van der Waals surface area (Å²) >= 11 is 0. The molecule has 0 spiro atoms. The van der Waals surface area contributed by atoms with Crippen molar-refractivity contribution in [3.05, 3.63) is 53.4 Å². The van der Waals surface area contributed by atoms with Crippen LogP contribution < -0.4 is 20.9 Å². The lowest BCUT2D eigenvalue weighted by Crippen LogP contribution is -2.45. The third kappa shape index (κ3) is 9.06. The molecule has 212 valence electrons. The van der Waals surface area contributed by atoms with Crippen LogP contribution in [-0.4, -0.2) is 98.9 Å². The van der Waals surface area contributed by atoms with E-state index >= 15 is 0 Å². The summed E-state index contributed by atoms with van der Waals surface area (Å²) in [6, 6.07) is 7.08. The van der Waals surface area contributed by atoms with E-state index in [2.05, 4.69) is 20.9 Å². The first-order valence-electron chi connectivity index (χ1n) is 13.0. The van der Waals surface area contributed by atoms with Crippen molar-refractivity contribution < 1.29 is 14.4 Å². The zero-order valence-corrected chi connectivity index (χ0v) is 24.3. The highest BCUT2D eigenvalue weighted by atomic mass is 16.2. The topological polar surface area (TPSA) is 123 Å². The number of carbonyl (C=O) groups is 3. The minimum Gasteiger partial charge on any atom is -0.361 e. The molecule has 0 radical (unpaired) electrons. The zero-order chi connectivity index (χ0) is 29.1. The van der Waals surface area contributed by atoms with E-state index in [9.17, 15) is 14.4 Å². The van der Waals surface area contributed by atoms with E-state index in [1.165, 1.54) is 11.0 Å². The van der Waals surface area contributed by atoms with Crippen LogP contribution in [-0.2, 0) is 22.4 Å². The molecule has 0 saturated heterocycles. The zero-order valence-electron chi connectivity index (χ0n) is 24.3. The van der Waals surface area contributed by atoms with Crippen LogP contribution >= 0.6 is 0 Å². The lowest BCUT2D eigenvalue weighted by Gasteiger charge is -2.23. The van der Waals surface area contributed by atoms with Gasteiger partial charge in [0.25, 0.3) is 5.91 Å². The summed E-state index contributed by atoms with van der Waals surface area (Å²) < 4.78 is 0. The Morgan fingerprint density at radius 1 is 1.08 bits per heavy atom. The van der Waals surface area contributed by atoms with E-state index in [0.717, 1.165) is 16.9 Å². The van der Waals surface area contributed by atoms with Gasteiger partial charge in [0, 0.05) is 53.0 Å². The summed E-state index contributed by atoms with van der Waals surface area (Å²) in [6.07, 6.45) is 4.48. The fourth-order valence-corrected chi connectivity index (χ4v) is 3.69. The van der Waals surface area contributed by atoms with Gasteiger partial charge in [-0.3, -0.25) is 14.4 Å². The van der Waals surface area contributed by atoms with Gasteiger partial charge in [-0.15, -0.1) is 0 Å². The number of aryl methyl sites for hydroxylation is 1. The summed E-state index contributed by atoms with van der Waals surface area (Å²) in [6.45, 7) is 4.73. The van der Waals surface area contributed by atoms with Crippen molar-refractivity contribution in [3.63, 3.8) is 0 Å². The van der Waals surface area contributed by atoms with Gasteiger partial charge in [0.15, 0.2) is 17.3 Å². The number of aromatic nitrogens is 2. The second-order valence-electron chi connectivity index (χ2n) is 9.67. The van der Waals surface area contributed by atoms with Crippen molar-refractivity contribution in [3.8, 4) is 0 Å². The Morgan fingerprint density at radius 2 is 1.79 bits per heavy atom. The molecule has 1 heterocycles. The van der Waals surface area contributed by atoms with Gasteiger partial charge in [-0.1, -0.05) is 25.1 Å². The third-order valence-corrected chi connectivity index (χ3v) is 6.09. The molecule has 11 heteroatoms. The standard InChI is InChI=1S/C28H42N8O3/c1-9-22-26(35(6)7)33-25(24(32-22)28(39)29-3)31-21-13-10-12-20(18-21)15-16-30-27(38)19(2)36(8)23(37)14-11-17-34(4)5/h10-14,18-19H,9,15-17H2,1-8H3,(H,29,39)(H,30,38)(H,31,33)/b14-11+/t19-/m0/s1. The molecule has 2 rings (SSSR count). The van der Waals surface area contributed by atoms with Gasteiger partial charge < -0.3 is 30.7 Å². The molecular weight excluding hydrogens is 496 g/mol. The Hall–Kier alpha value is -3.99. The quantitative estimate of drug-likeness (QED) is 0.330. The maximum Gasteiger partial charge on any atom is 0.273 e. The summed E-state index contributed by atoms with van der Waals surface area (Å²) in [7, 11) is 10.8. The van der Waals surface area contributed by atoms with Gasteiger partial charge in [-0.05, 0) is 51.6 Å². The van der Waals surface area contributed by atoms with Crippen LogP contribution in [0.3, 0.4) is 0 Å². The van der Waals surface area contributed by atoms with Crippen molar-refractivity contribution in [1.29, 1.82) is 0 Å². The van der Waals surface area contributed by atoms with Gasteiger partial charge in [0.2, 0.25) is 11.8 Å². The average Bonchev–Trinajstić information content (AvgIpc) is 2.91. The second-order valence-corrected chi connectivity index (χ2v) is 9.67. The fraction of sp³-hybridized carbons (Fsp3) is 0.464. The van der Waals surface area contributed by atoms with E-state index in [1.54, 1.807) is 27.1 Å². The summed E-state index contributed by atoms with van der Waals surface area (Å²) in [5, 5.41) is 8.78. The molecule has 3 amide bonds. The average molecular weight is 539 g/mol. The van der Waals surface area contributed by atoms with E-state index in [4.69, 9.17) is 4.98 Å².